The topological polar surface area (TPSA) is 29.9 Å². The van der Waals surface area contributed by atoms with Crippen LogP contribution in [0.2, 0.25) is 0 Å². The fraction of sp³-hybridized carbons (Fsp3) is 0.533. The monoisotopic (exact) mass is 355 g/mol. The molecule has 2 rings (SSSR count). The summed E-state index contributed by atoms with van der Waals surface area (Å²) in [4.78, 5) is 5.90. The van der Waals surface area contributed by atoms with E-state index in [1.54, 1.807) is 11.3 Å². The highest BCUT2D eigenvalue weighted by molar-refractivity contribution is 9.10. The van der Waals surface area contributed by atoms with E-state index in [0.29, 0.717) is 6.04 Å². The number of hydrogen-bond acceptors (Lipinski definition) is 3. The average molecular weight is 356 g/mol. The van der Waals surface area contributed by atoms with E-state index in [0.717, 1.165) is 32.4 Å². The third-order valence-electron chi connectivity index (χ3n) is 3.25. The highest BCUT2D eigenvalue weighted by atomic mass is 79.9. The van der Waals surface area contributed by atoms with Gasteiger partial charge < -0.3 is 9.88 Å². The standard InChI is InChI=1S/C15H22BrN3S/c1-3-6-17-13(15-12(16)5-10-20-15)11-14-18-7-9-19(14)8-4-2/h5,7,9-10,13,17H,3-4,6,8,11H2,1-2H3. The Labute approximate surface area is 133 Å². The Morgan fingerprint density at radius 2 is 2.25 bits per heavy atom. The fourth-order valence-corrected chi connectivity index (χ4v) is 4.01. The summed E-state index contributed by atoms with van der Waals surface area (Å²) in [6, 6.07) is 2.46. The Morgan fingerprint density at radius 1 is 1.40 bits per heavy atom. The quantitative estimate of drug-likeness (QED) is 0.760. The van der Waals surface area contributed by atoms with Crippen LogP contribution < -0.4 is 5.32 Å². The molecular formula is C15H22BrN3S. The van der Waals surface area contributed by atoms with Crippen LogP contribution in [0.25, 0.3) is 0 Å². The van der Waals surface area contributed by atoms with Crippen LogP contribution in [0.4, 0.5) is 0 Å². The molecule has 20 heavy (non-hydrogen) atoms. The molecular weight excluding hydrogens is 334 g/mol. The molecule has 0 radical (unpaired) electrons. The number of halogens is 1. The molecule has 0 aromatic carbocycles. The van der Waals surface area contributed by atoms with Gasteiger partial charge in [-0.1, -0.05) is 13.8 Å². The highest BCUT2D eigenvalue weighted by Gasteiger charge is 2.18. The van der Waals surface area contributed by atoms with Crippen molar-refractivity contribution in [2.45, 2.75) is 45.7 Å². The molecule has 1 atom stereocenters. The minimum Gasteiger partial charge on any atom is -0.335 e. The van der Waals surface area contributed by atoms with Crippen molar-refractivity contribution in [3.63, 3.8) is 0 Å². The Kier molecular flexibility index (Phi) is 6.26. The Morgan fingerprint density at radius 3 is 2.90 bits per heavy atom. The van der Waals surface area contributed by atoms with Gasteiger partial charge in [0.25, 0.3) is 0 Å². The lowest BCUT2D eigenvalue weighted by molar-refractivity contribution is 0.507. The number of rotatable bonds is 8. The van der Waals surface area contributed by atoms with Crippen molar-refractivity contribution in [3.8, 4) is 0 Å². The molecule has 0 aliphatic rings. The van der Waals surface area contributed by atoms with E-state index >= 15 is 0 Å². The number of aromatic nitrogens is 2. The summed E-state index contributed by atoms with van der Waals surface area (Å²) >= 11 is 5.46. The summed E-state index contributed by atoms with van der Waals surface area (Å²) in [6.45, 7) is 6.48. The molecule has 110 valence electrons. The zero-order chi connectivity index (χ0) is 14.4. The molecule has 2 heterocycles. The molecule has 5 heteroatoms. The molecule has 0 amide bonds. The van der Waals surface area contributed by atoms with Crippen molar-refractivity contribution in [2.24, 2.45) is 0 Å². The van der Waals surface area contributed by atoms with E-state index in [2.05, 4.69) is 62.3 Å². The van der Waals surface area contributed by atoms with Gasteiger partial charge in [-0.05, 0) is 46.8 Å². The van der Waals surface area contributed by atoms with Crippen LogP contribution in [0.15, 0.2) is 28.3 Å². The summed E-state index contributed by atoms with van der Waals surface area (Å²) < 4.78 is 3.46. The van der Waals surface area contributed by atoms with Crippen LogP contribution >= 0.6 is 27.3 Å². The van der Waals surface area contributed by atoms with Gasteiger partial charge in [-0.15, -0.1) is 11.3 Å². The van der Waals surface area contributed by atoms with Gasteiger partial charge in [0, 0.05) is 40.8 Å². The van der Waals surface area contributed by atoms with Crippen LogP contribution in [0, 0.1) is 0 Å². The molecule has 0 bridgehead atoms. The van der Waals surface area contributed by atoms with Gasteiger partial charge in [-0.25, -0.2) is 4.98 Å². The lowest BCUT2D eigenvalue weighted by Gasteiger charge is -2.18. The van der Waals surface area contributed by atoms with E-state index < -0.39 is 0 Å². The van der Waals surface area contributed by atoms with E-state index in [4.69, 9.17) is 0 Å². The lowest BCUT2D eigenvalue weighted by Crippen LogP contribution is -2.25. The summed E-state index contributed by atoms with van der Waals surface area (Å²) in [5, 5.41) is 5.78. The maximum Gasteiger partial charge on any atom is 0.110 e. The van der Waals surface area contributed by atoms with Gasteiger partial charge in [0.05, 0.1) is 0 Å². The SMILES string of the molecule is CCCNC(Cc1nccn1CCC)c1sccc1Br. The van der Waals surface area contributed by atoms with Crippen molar-refractivity contribution in [1.82, 2.24) is 14.9 Å². The van der Waals surface area contributed by atoms with Crippen LogP contribution in [0.5, 0.6) is 0 Å². The molecule has 0 aliphatic heterocycles. The first-order valence-electron chi connectivity index (χ1n) is 7.22. The summed E-state index contributed by atoms with van der Waals surface area (Å²) in [6.07, 6.45) is 7.21. The van der Waals surface area contributed by atoms with Crippen LogP contribution in [-0.2, 0) is 13.0 Å². The minimum atomic E-state index is 0.335. The largest absolute Gasteiger partial charge is 0.335 e. The summed E-state index contributed by atoms with van der Waals surface area (Å²) in [5.41, 5.74) is 0. The number of imidazole rings is 1. The van der Waals surface area contributed by atoms with Crippen LogP contribution in [-0.4, -0.2) is 16.1 Å². The van der Waals surface area contributed by atoms with Gasteiger partial charge in [-0.3, -0.25) is 0 Å². The van der Waals surface area contributed by atoms with Gasteiger partial charge in [0.1, 0.15) is 5.82 Å². The van der Waals surface area contributed by atoms with E-state index in [-0.39, 0.29) is 0 Å². The highest BCUT2D eigenvalue weighted by Crippen LogP contribution is 2.31. The van der Waals surface area contributed by atoms with E-state index in [9.17, 15) is 0 Å². The fourth-order valence-electron chi connectivity index (χ4n) is 2.29. The van der Waals surface area contributed by atoms with Crippen LogP contribution in [0.1, 0.15) is 43.4 Å². The Hall–Kier alpha value is -0.650. The number of hydrogen-bond donors (Lipinski definition) is 1. The van der Waals surface area contributed by atoms with Gasteiger partial charge >= 0.3 is 0 Å². The number of aryl methyl sites for hydroxylation is 1. The molecule has 1 N–H and O–H groups in total. The normalized spacial score (nSPS) is 12.8. The molecule has 3 nitrogen and oxygen atoms in total. The number of nitrogens with zero attached hydrogens (tertiary/aromatic N) is 2. The minimum absolute atomic E-state index is 0.335. The van der Waals surface area contributed by atoms with E-state index in [1.807, 2.05) is 6.20 Å². The predicted octanol–water partition coefficient (Wildman–Crippen LogP) is 4.40. The maximum atomic E-state index is 4.53. The van der Waals surface area contributed by atoms with Crippen LogP contribution in [0.3, 0.4) is 0 Å². The van der Waals surface area contributed by atoms with Crippen molar-refractivity contribution in [3.05, 3.63) is 39.0 Å². The molecule has 0 fully saturated rings. The zero-order valence-corrected chi connectivity index (χ0v) is 14.5. The Bertz CT molecular complexity index is 521. The zero-order valence-electron chi connectivity index (χ0n) is 12.1. The Balaban J connectivity index is 2.15. The second kappa shape index (κ2) is 7.96. The molecule has 0 saturated heterocycles. The average Bonchev–Trinajstić information content (AvgIpc) is 3.04. The smallest absolute Gasteiger partial charge is 0.110 e. The van der Waals surface area contributed by atoms with Crippen molar-refractivity contribution >= 4 is 27.3 Å². The maximum absolute atomic E-state index is 4.53. The summed E-state index contributed by atoms with van der Waals surface area (Å²) in [7, 11) is 0. The second-order valence-electron chi connectivity index (χ2n) is 4.88. The van der Waals surface area contributed by atoms with Gasteiger partial charge in [-0.2, -0.15) is 0 Å². The van der Waals surface area contributed by atoms with Gasteiger partial charge in [0.2, 0.25) is 0 Å². The lowest BCUT2D eigenvalue weighted by atomic mass is 10.1. The molecule has 0 aliphatic carbocycles. The number of thiophene rings is 1. The predicted molar refractivity (Wildman–Crippen MR) is 89.3 cm³/mol. The van der Waals surface area contributed by atoms with Crippen molar-refractivity contribution < 1.29 is 0 Å². The molecule has 1 unspecified atom stereocenters. The molecule has 2 aromatic heterocycles. The van der Waals surface area contributed by atoms with E-state index in [1.165, 1.54) is 15.2 Å². The van der Waals surface area contributed by atoms with Gasteiger partial charge in [0.15, 0.2) is 0 Å². The van der Waals surface area contributed by atoms with Crippen molar-refractivity contribution in [2.75, 3.05) is 6.54 Å². The second-order valence-corrected chi connectivity index (χ2v) is 6.68. The molecule has 0 spiro atoms. The molecule has 0 saturated carbocycles. The number of nitrogens with one attached hydrogen (secondary N) is 1. The third-order valence-corrected chi connectivity index (χ3v) is 5.24. The third kappa shape index (κ3) is 3.93. The van der Waals surface area contributed by atoms with Crippen molar-refractivity contribution in [1.29, 1.82) is 0 Å². The summed E-state index contributed by atoms with van der Waals surface area (Å²) in [5.74, 6) is 1.17. The molecule has 2 aromatic rings. The first kappa shape index (κ1) is 15.7. The first-order valence-corrected chi connectivity index (χ1v) is 8.89. The first-order chi connectivity index (χ1) is 9.76.